The number of hydrogen-bond acceptors (Lipinski definition) is 3. The molecule has 3 nitrogen and oxygen atoms in total. The van der Waals surface area contributed by atoms with Gasteiger partial charge >= 0.3 is 6.18 Å². The minimum Gasteiger partial charge on any atom is -0.476 e. The number of carbonyl (C=O) groups is 1. The minimum absolute atomic E-state index is 0.0593. The Kier molecular flexibility index (Phi) is 4.04. The maximum absolute atomic E-state index is 13.4. The second-order valence-electron chi connectivity index (χ2n) is 5.12. The molecule has 0 saturated carbocycles. The number of carbonyl (C=O) groups excluding carboxylic acids is 1. The number of ether oxygens (including phenoxy) is 1. The van der Waals surface area contributed by atoms with Crippen molar-refractivity contribution in [2.24, 2.45) is 0 Å². The van der Waals surface area contributed by atoms with E-state index >= 15 is 0 Å². The Morgan fingerprint density at radius 3 is 2.45 bits per heavy atom. The molecule has 20 heavy (non-hydrogen) atoms. The molecule has 0 aromatic heterocycles. The van der Waals surface area contributed by atoms with Crippen molar-refractivity contribution in [1.29, 1.82) is 0 Å². The van der Waals surface area contributed by atoms with Gasteiger partial charge in [-0.05, 0) is 50.7 Å². The van der Waals surface area contributed by atoms with Gasteiger partial charge in [-0.25, -0.2) is 0 Å². The quantitative estimate of drug-likeness (QED) is 0.801. The molecule has 0 amide bonds. The number of hydrogen-bond donors (Lipinski definition) is 0. The Morgan fingerprint density at radius 2 is 1.95 bits per heavy atom. The van der Waals surface area contributed by atoms with E-state index in [0.717, 1.165) is 0 Å². The minimum atomic E-state index is -4.44. The van der Waals surface area contributed by atoms with Crippen molar-refractivity contribution in [3.8, 4) is 5.75 Å². The summed E-state index contributed by atoms with van der Waals surface area (Å²) in [7, 11) is 1.65. The second kappa shape index (κ2) is 5.44. The molecule has 110 valence electrons. The van der Waals surface area contributed by atoms with E-state index in [1.807, 2.05) is 0 Å². The molecule has 0 spiro atoms. The number of likely N-dealkylation sites (tertiary alicyclic amines) is 1. The highest BCUT2D eigenvalue weighted by Crippen LogP contribution is 2.40. The van der Waals surface area contributed by atoms with Gasteiger partial charge in [0.1, 0.15) is 12.0 Å². The van der Waals surface area contributed by atoms with Crippen molar-refractivity contribution in [3.63, 3.8) is 0 Å². The third kappa shape index (κ3) is 2.95. The third-order valence-electron chi connectivity index (χ3n) is 3.49. The normalized spacial score (nSPS) is 24.4. The largest absolute Gasteiger partial charge is 0.476 e. The molecule has 1 saturated heterocycles. The molecule has 0 radical (unpaired) electrons. The standard InChI is InChI=1S/C14H16F3NO2/c1-18-8-2-7-13(10-18,14(15,16)17)20-12-5-3-11(9-19)4-6-12/h3-6,9H,2,7-8,10H2,1H3. The van der Waals surface area contributed by atoms with E-state index in [1.165, 1.54) is 24.3 Å². The lowest BCUT2D eigenvalue weighted by atomic mass is 9.92. The number of halogens is 3. The third-order valence-corrected chi connectivity index (χ3v) is 3.49. The van der Waals surface area contributed by atoms with Crippen LogP contribution < -0.4 is 4.74 Å². The topological polar surface area (TPSA) is 29.5 Å². The molecule has 1 heterocycles. The maximum Gasteiger partial charge on any atom is 0.429 e. The lowest BCUT2D eigenvalue weighted by Gasteiger charge is -2.42. The lowest BCUT2D eigenvalue weighted by molar-refractivity contribution is -0.261. The average molecular weight is 287 g/mol. The van der Waals surface area contributed by atoms with Crippen molar-refractivity contribution < 1.29 is 22.7 Å². The first-order chi connectivity index (χ1) is 9.36. The van der Waals surface area contributed by atoms with Gasteiger partial charge in [-0.3, -0.25) is 4.79 Å². The van der Waals surface area contributed by atoms with Crippen LogP contribution in [-0.2, 0) is 0 Å². The molecule has 6 heteroatoms. The number of nitrogens with zero attached hydrogens (tertiary/aromatic N) is 1. The molecule has 0 aliphatic carbocycles. The Morgan fingerprint density at radius 1 is 1.30 bits per heavy atom. The van der Waals surface area contributed by atoms with Crippen molar-refractivity contribution in [2.75, 3.05) is 20.1 Å². The van der Waals surface area contributed by atoms with E-state index in [4.69, 9.17) is 4.74 Å². The summed E-state index contributed by atoms with van der Waals surface area (Å²) >= 11 is 0. The van der Waals surface area contributed by atoms with Gasteiger partial charge in [0.05, 0.1) is 0 Å². The molecule has 1 fully saturated rings. The first-order valence-corrected chi connectivity index (χ1v) is 6.36. The van der Waals surface area contributed by atoms with Crippen molar-refractivity contribution in [2.45, 2.75) is 24.6 Å². The Bertz CT molecular complexity index is 472. The first kappa shape index (κ1) is 14.8. The summed E-state index contributed by atoms with van der Waals surface area (Å²) in [4.78, 5) is 12.2. The molecule has 1 atom stereocenters. The number of alkyl halides is 3. The Labute approximate surface area is 115 Å². The van der Waals surface area contributed by atoms with Crippen LogP contribution in [0.4, 0.5) is 13.2 Å². The molecule has 2 rings (SSSR count). The molecule has 0 bridgehead atoms. The van der Waals surface area contributed by atoms with Crippen LogP contribution in [-0.4, -0.2) is 43.1 Å². The summed E-state index contributed by atoms with van der Waals surface area (Å²) in [5, 5.41) is 0. The molecule has 0 N–H and O–H groups in total. The van der Waals surface area contributed by atoms with E-state index < -0.39 is 11.8 Å². The average Bonchev–Trinajstić information content (AvgIpc) is 2.38. The summed E-state index contributed by atoms with van der Waals surface area (Å²) in [5.74, 6) is 0.128. The fourth-order valence-corrected chi connectivity index (χ4v) is 2.44. The second-order valence-corrected chi connectivity index (χ2v) is 5.12. The lowest BCUT2D eigenvalue weighted by Crippen LogP contribution is -2.59. The molecule has 1 aromatic rings. The maximum atomic E-state index is 13.4. The zero-order valence-electron chi connectivity index (χ0n) is 11.1. The van der Waals surface area contributed by atoms with E-state index in [-0.39, 0.29) is 18.7 Å². The van der Waals surface area contributed by atoms with Crippen LogP contribution in [0, 0.1) is 0 Å². The molecule has 1 aromatic carbocycles. The van der Waals surface area contributed by atoms with Crippen molar-refractivity contribution in [3.05, 3.63) is 29.8 Å². The SMILES string of the molecule is CN1CCCC(Oc2ccc(C=O)cc2)(C(F)(F)F)C1. The smallest absolute Gasteiger partial charge is 0.429 e. The zero-order valence-corrected chi connectivity index (χ0v) is 11.1. The van der Waals surface area contributed by atoms with E-state index in [2.05, 4.69) is 0 Å². The van der Waals surface area contributed by atoms with Crippen LogP contribution in [0.15, 0.2) is 24.3 Å². The molecular weight excluding hydrogens is 271 g/mol. The summed E-state index contributed by atoms with van der Waals surface area (Å²) in [5.41, 5.74) is -1.78. The molecule has 1 unspecified atom stereocenters. The number of likely N-dealkylation sites (N-methyl/N-ethyl adjacent to an activating group) is 1. The van der Waals surface area contributed by atoms with Crippen LogP contribution in [0.3, 0.4) is 0 Å². The zero-order chi connectivity index (χ0) is 14.8. The summed E-state index contributed by atoms with van der Waals surface area (Å²) < 4.78 is 45.5. The van der Waals surface area contributed by atoms with Gasteiger partial charge in [-0.15, -0.1) is 0 Å². The number of aldehydes is 1. The van der Waals surface area contributed by atoms with Gasteiger partial charge in [-0.1, -0.05) is 0 Å². The monoisotopic (exact) mass is 287 g/mol. The van der Waals surface area contributed by atoms with E-state index in [0.29, 0.717) is 24.8 Å². The first-order valence-electron chi connectivity index (χ1n) is 6.36. The van der Waals surface area contributed by atoms with Crippen LogP contribution >= 0.6 is 0 Å². The number of piperidine rings is 1. The molecule has 1 aliphatic heterocycles. The van der Waals surface area contributed by atoms with Crippen LogP contribution in [0.1, 0.15) is 23.2 Å². The van der Waals surface area contributed by atoms with Gasteiger partial charge in [0.25, 0.3) is 0 Å². The highest BCUT2D eigenvalue weighted by Gasteiger charge is 2.58. The Hall–Kier alpha value is -1.56. The van der Waals surface area contributed by atoms with Crippen LogP contribution in [0.2, 0.25) is 0 Å². The van der Waals surface area contributed by atoms with E-state index in [9.17, 15) is 18.0 Å². The fraction of sp³-hybridized carbons (Fsp3) is 0.500. The fourth-order valence-electron chi connectivity index (χ4n) is 2.44. The summed E-state index contributed by atoms with van der Waals surface area (Å²) in [6, 6.07) is 5.68. The van der Waals surface area contributed by atoms with Gasteiger partial charge in [-0.2, -0.15) is 13.2 Å². The van der Waals surface area contributed by atoms with Gasteiger partial charge in [0.2, 0.25) is 5.60 Å². The van der Waals surface area contributed by atoms with E-state index in [1.54, 1.807) is 11.9 Å². The van der Waals surface area contributed by atoms with Crippen LogP contribution in [0.5, 0.6) is 5.75 Å². The number of rotatable bonds is 3. The van der Waals surface area contributed by atoms with Gasteiger partial charge < -0.3 is 9.64 Å². The summed E-state index contributed by atoms with van der Waals surface area (Å²) in [6.45, 7) is 0.442. The van der Waals surface area contributed by atoms with Crippen molar-refractivity contribution >= 4 is 6.29 Å². The Balaban J connectivity index is 2.25. The summed E-state index contributed by atoms with van der Waals surface area (Å²) in [6.07, 6.45) is -3.43. The predicted molar refractivity (Wildman–Crippen MR) is 68.0 cm³/mol. The van der Waals surface area contributed by atoms with Crippen LogP contribution in [0.25, 0.3) is 0 Å². The van der Waals surface area contributed by atoms with Crippen molar-refractivity contribution in [1.82, 2.24) is 4.90 Å². The number of benzene rings is 1. The van der Waals surface area contributed by atoms with Gasteiger partial charge in [0.15, 0.2) is 0 Å². The predicted octanol–water partition coefficient (Wildman–Crippen LogP) is 2.90. The molecular formula is C14H16F3NO2. The highest BCUT2D eigenvalue weighted by molar-refractivity contribution is 5.74. The highest BCUT2D eigenvalue weighted by atomic mass is 19.4. The molecule has 1 aliphatic rings. The van der Waals surface area contributed by atoms with Gasteiger partial charge in [0, 0.05) is 12.1 Å².